The molecule has 0 aliphatic heterocycles. The Hall–Kier alpha value is -1.06. The lowest BCUT2D eigenvalue weighted by Gasteiger charge is -2.32. The lowest BCUT2D eigenvalue weighted by atomic mass is 9.82. The number of ether oxygens (including phenoxy) is 1. The van der Waals surface area contributed by atoms with Gasteiger partial charge in [0.15, 0.2) is 0 Å². The van der Waals surface area contributed by atoms with Crippen molar-refractivity contribution in [2.24, 2.45) is 5.92 Å². The minimum Gasteiger partial charge on any atom is -0.494 e. The Balaban J connectivity index is 1.89. The van der Waals surface area contributed by atoms with Crippen LogP contribution in [0.25, 0.3) is 0 Å². The van der Waals surface area contributed by atoms with Gasteiger partial charge in [0, 0.05) is 11.6 Å². The highest BCUT2D eigenvalue weighted by atomic mass is 16.5. The highest BCUT2D eigenvalue weighted by Gasteiger charge is 2.27. The van der Waals surface area contributed by atoms with Crippen molar-refractivity contribution in [3.05, 3.63) is 29.8 Å². The molecule has 0 spiro atoms. The van der Waals surface area contributed by atoms with Crippen LogP contribution in [0.1, 0.15) is 38.3 Å². The molecule has 1 aromatic rings. The van der Waals surface area contributed by atoms with E-state index in [1.807, 2.05) is 25.1 Å². The summed E-state index contributed by atoms with van der Waals surface area (Å²) in [5.74, 6) is 1.59. The Morgan fingerprint density at radius 1 is 1.39 bits per heavy atom. The van der Waals surface area contributed by atoms with Crippen LogP contribution < -0.4 is 10.1 Å². The maximum atomic E-state index is 9.27. The Labute approximate surface area is 109 Å². The fourth-order valence-corrected chi connectivity index (χ4v) is 2.45. The van der Waals surface area contributed by atoms with E-state index < -0.39 is 0 Å². The molecule has 1 aromatic carbocycles. The highest BCUT2D eigenvalue weighted by Crippen LogP contribution is 2.28. The molecule has 0 aromatic heterocycles. The van der Waals surface area contributed by atoms with Gasteiger partial charge < -0.3 is 15.2 Å². The van der Waals surface area contributed by atoms with Crippen LogP contribution in [0, 0.1) is 5.92 Å². The minimum atomic E-state index is -0.0668. The molecule has 0 bridgehead atoms. The molecular weight excluding hydrogens is 226 g/mol. The maximum Gasteiger partial charge on any atom is 0.124 e. The topological polar surface area (TPSA) is 41.5 Å². The lowest BCUT2D eigenvalue weighted by molar-refractivity contribution is 0.0420. The van der Waals surface area contributed by atoms with E-state index in [0.717, 1.165) is 25.1 Å². The van der Waals surface area contributed by atoms with Gasteiger partial charge in [-0.2, -0.15) is 0 Å². The van der Waals surface area contributed by atoms with E-state index >= 15 is 0 Å². The quantitative estimate of drug-likeness (QED) is 0.814. The third-order valence-corrected chi connectivity index (χ3v) is 3.61. The van der Waals surface area contributed by atoms with Gasteiger partial charge in [-0.1, -0.05) is 18.2 Å². The van der Waals surface area contributed by atoms with Gasteiger partial charge >= 0.3 is 0 Å². The summed E-state index contributed by atoms with van der Waals surface area (Å²) < 4.78 is 5.64. The van der Waals surface area contributed by atoms with Crippen LogP contribution in [0.4, 0.5) is 0 Å². The zero-order valence-corrected chi connectivity index (χ0v) is 11.2. The van der Waals surface area contributed by atoms with Crippen LogP contribution in [0.2, 0.25) is 0 Å². The molecule has 3 heteroatoms. The van der Waals surface area contributed by atoms with Crippen LogP contribution in [0.15, 0.2) is 24.3 Å². The summed E-state index contributed by atoms with van der Waals surface area (Å²) in [4.78, 5) is 0. The second-order valence-electron chi connectivity index (χ2n) is 5.09. The second-order valence-corrected chi connectivity index (χ2v) is 5.09. The van der Waals surface area contributed by atoms with Crippen molar-refractivity contribution in [1.82, 2.24) is 5.32 Å². The molecule has 1 fully saturated rings. The molecule has 100 valence electrons. The van der Waals surface area contributed by atoms with Crippen molar-refractivity contribution in [2.75, 3.05) is 13.2 Å². The van der Waals surface area contributed by atoms with E-state index in [1.165, 1.54) is 5.56 Å². The average Bonchev–Trinajstić information content (AvgIpc) is 2.34. The molecule has 0 radical (unpaired) electrons. The average molecular weight is 249 g/mol. The third-order valence-electron chi connectivity index (χ3n) is 3.61. The van der Waals surface area contributed by atoms with Crippen molar-refractivity contribution in [1.29, 1.82) is 0 Å². The summed E-state index contributed by atoms with van der Waals surface area (Å²) >= 11 is 0. The molecule has 1 aliphatic rings. The van der Waals surface area contributed by atoms with Crippen LogP contribution >= 0.6 is 0 Å². The Bertz CT molecular complexity index is 375. The van der Waals surface area contributed by atoms with Crippen molar-refractivity contribution < 1.29 is 9.84 Å². The van der Waals surface area contributed by atoms with Gasteiger partial charge in [-0.15, -0.1) is 0 Å². The predicted molar refractivity (Wildman–Crippen MR) is 72.8 cm³/mol. The molecule has 1 atom stereocenters. The number of hydrogen-bond acceptors (Lipinski definition) is 3. The molecule has 0 saturated heterocycles. The van der Waals surface area contributed by atoms with E-state index in [1.54, 1.807) is 0 Å². The number of aliphatic hydroxyl groups excluding tert-OH is 1. The Morgan fingerprint density at radius 3 is 2.78 bits per heavy atom. The van der Waals surface area contributed by atoms with Crippen LogP contribution in [-0.4, -0.2) is 24.4 Å². The van der Waals surface area contributed by atoms with Gasteiger partial charge in [0.1, 0.15) is 5.75 Å². The fourth-order valence-electron chi connectivity index (χ4n) is 2.45. The van der Waals surface area contributed by atoms with Crippen molar-refractivity contribution in [3.63, 3.8) is 0 Å². The molecule has 0 amide bonds. The SMILES string of the molecule is CCOc1ccccc1C(C)NCC1CC(O)C1. The Morgan fingerprint density at radius 2 is 2.11 bits per heavy atom. The first-order chi connectivity index (χ1) is 8.70. The zero-order valence-electron chi connectivity index (χ0n) is 11.2. The molecule has 1 aliphatic carbocycles. The first kappa shape index (κ1) is 13.4. The largest absolute Gasteiger partial charge is 0.494 e. The summed E-state index contributed by atoms with van der Waals surface area (Å²) in [5.41, 5.74) is 1.21. The van der Waals surface area contributed by atoms with E-state index in [2.05, 4.69) is 18.3 Å². The summed E-state index contributed by atoms with van der Waals surface area (Å²) in [5, 5.41) is 12.8. The third kappa shape index (κ3) is 3.24. The van der Waals surface area contributed by atoms with Gasteiger partial charge in [-0.05, 0) is 45.2 Å². The normalized spacial score (nSPS) is 24.4. The van der Waals surface area contributed by atoms with E-state index in [4.69, 9.17) is 4.74 Å². The smallest absolute Gasteiger partial charge is 0.124 e. The number of benzene rings is 1. The summed E-state index contributed by atoms with van der Waals surface area (Å²) in [6.45, 7) is 5.83. The standard InChI is InChI=1S/C15H23NO2/c1-3-18-15-7-5-4-6-14(15)11(2)16-10-12-8-13(17)9-12/h4-7,11-13,16-17H,3,8-10H2,1-2H3. The van der Waals surface area contributed by atoms with E-state index in [9.17, 15) is 5.11 Å². The van der Waals surface area contributed by atoms with E-state index in [-0.39, 0.29) is 12.1 Å². The monoisotopic (exact) mass is 249 g/mol. The van der Waals surface area contributed by atoms with Gasteiger partial charge in [0.05, 0.1) is 12.7 Å². The number of hydrogen-bond donors (Lipinski definition) is 2. The van der Waals surface area contributed by atoms with Gasteiger partial charge in [-0.3, -0.25) is 0 Å². The summed E-state index contributed by atoms with van der Waals surface area (Å²) in [6, 6.07) is 8.46. The number of nitrogens with one attached hydrogen (secondary N) is 1. The van der Waals surface area contributed by atoms with Crippen molar-refractivity contribution in [3.8, 4) is 5.75 Å². The van der Waals surface area contributed by atoms with Gasteiger partial charge in [0.2, 0.25) is 0 Å². The number of para-hydroxylation sites is 1. The zero-order chi connectivity index (χ0) is 13.0. The molecule has 1 saturated carbocycles. The summed E-state index contributed by atoms with van der Waals surface area (Å²) in [6.07, 6.45) is 1.81. The van der Waals surface area contributed by atoms with Gasteiger partial charge in [-0.25, -0.2) is 0 Å². The molecule has 1 unspecified atom stereocenters. The molecule has 18 heavy (non-hydrogen) atoms. The first-order valence-electron chi connectivity index (χ1n) is 6.83. The van der Waals surface area contributed by atoms with Crippen molar-refractivity contribution >= 4 is 0 Å². The maximum absolute atomic E-state index is 9.27. The number of aliphatic hydroxyl groups is 1. The lowest BCUT2D eigenvalue weighted by Crippen LogP contribution is -2.37. The molecular formula is C15H23NO2. The van der Waals surface area contributed by atoms with Crippen molar-refractivity contribution in [2.45, 2.75) is 38.8 Å². The van der Waals surface area contributed by atoms with Gasteiger partial charge in [0.25, 0.3) is 0 Å². The molecule has 2 rings (SSSR count). The molecule has 3 nitrogen and oxygen atoms in total. The molecule has 0 heterocycles. The predicted octanol–water partition coefficient (Wildman–Crippen LogP) is 2.51. The van der Waals surface area contributed by atoms with Crippen LogP contribution in [0.5, 0.6) is 5.75 Å². The van der Waals surface area contributed by atoms with E-state index in [0.29, 0.717) is 12.5 Å². The Kier molecular flexibility index (Phi) is 4.61. The first-order valence-corrected chi connectivity index (χ1v) is 6.83. The highest BCUT2D eigenvalue weighted by molar-refractivity contribution is 5.35. The minimum absolute atomic E-state index is 0.0668. The number of rotatable bonds is 6. The van der Waals surface area contributed by atoms with Crippen LogP contribution in [-0.2, 0) is 0 Å². The second kappa shape index (κ2) is 6.21. The fraction of sp³-hybridized carbons (Fsp3) is 0.600. The van der Waals surface area contributed by atoms with Crippen LogP contribution in [0.3, 0.4) is 0 Å². The summed E-state index contributed by atoms with van der Waals surface area (Å²) in [7, 11) is 0. The molecule has 2 N–H and O–H groups in total.